The van der Waals surface area contributed by atoms with E-state index in [0.29, 0.717) is 0 Å². The molecule has 0 radical (unpaired) electrons. The van der Waals surface area contributed by atoms with Crippen molar-refractivity contribution in [2.24, 2.45) is 5.73 Å². The van der Waals surface area contributed by atoms with Crippen molar-refractivity contribution in [1.82, 2.24) is 0 Å². The van der Waals surface area contributed by atoms with Crippen LogP contribution in [0.3, 0.4) is 0 Å². The first-order chi connectivity index (χ1) is 4.66. The molecule has 0 fully saturated rings. The van der Waals surface area contributed by atoms with Crippen LogP contribution in [0.4, 0.5) is 4.79 Å². The maximum atomic E-state index is 10.4. The van der Waals surface area contributed by atoms with Crippen LogP contribution in [0.25, 0.3) is 0 Å². The second-order valence-electron chi connectivity index (χ2n) is 1.41. The molecular formula is C6H7NO3. The molecule has 0 spiro atoms. The first-order valence-corrected chi connectivity index (χ1v) is 2.54. The molecule has 0 saturated carbocycles. The highest BCUT2D eigenvalue weighted by atomic mass is 16.5. The lowest BCUT2D eigenvalue weighted by atomic mass is 10.4. The van der Waals surface area contributed by atoms with Gasteiger partial charge in [0.15, 0.2) is 6.61 Å². The molecule has 1 amide bonds. The topological polar surface area (TPSA) is 69.4 Å². The number of hydrogen-bond acceptors (Lipinski definition) is 3. The van der Waals surface area contributed by atoms with E-state index in [1.807, 2.05) is 0 Å². The molecule has 0 saturated heterocycles. The van der Waals surface area contributed by atoms with Gasteiger partial charge in [0, 0.05) is 0 Å². The molecule has 54 valence electrons. The fourth-order valence-electron chi connectivity index (χ4n) is 0.312. The van der Waals surface area contributed by atoms with E-state index in [-0.39, 0.29) is 6.61 Å². The van der Waals surface area contributed by atoms with Crippen LogP contribution >= 0.6 is 0 Å². The minimum absolute atomic E-state index is 0.365. The number of carbonyl (C=O) groups is 2. The summed E-state index contributed by atoms with van der Waals surface area (Å²) < 4.78 is 4.14. The van der Waals surface area contributed by atoms with Crippen molar-refractivity contribution in [2.45, 2.75) is 6.92 Å². The van der Waals surface area contributed by atoms with Crippen molar-refractivity contribution >= 4 is 11.9 Å². The third-order valence-electron chi connectivity index (χ3n) is 0.610. The average molecular weight is 141 g/mol. The highest BCUT2D eigenvalue weighted by Gasteiger charge is 1.98. The Morgan fingerprint density at radius 3 is 2.60 bits per heavy atom. The Hall–Kier alpha value is -1.50. The van der Waals surface area contributed by atoms with Crippen LogP contribution in [0.15, 0.2) is 0 Å². The summed E-state index contributed by atoms with van der Waals surface area (Å²) in [6, 6.07) is 0. The number of hydrogen-bond donors (Lipinski definition) is 1. The number of primary amides is 1. The molecule has 2 N–H and O–H groups in total. The van der Waals surface area contributed by atoms with Gasteiger partial charge >= 0.3 is 6.09 Å². The minimum Gasteiger partial charge on any atom is -0.441 e. The van der Waals surface area contributed by atoms with Gasteiger partial charge in [0.2, 0.25) is 5.78 Å². The fraction of sp³-hybridized carbons (Fsp3) is 0.333. The molecule has 0 aromatic rings. The van der Waals surface area contributed by atoms with Crippen molar-refractivity contribution in [2.75, 3.05) is 6.61 Å². The predicted molar refractivity (Wildman–Crippen MR) is 34.0 cm³/mol. The summed E-state index contributed by atoms with van der Waals surface area (Å²) in [5.74, 6) is 4.08. The lowest BCUT2D eigenvalue weighted by Crippen LogP contribution is -2.17. The molecule has 0 aliphatic rings. The van der Waals surface area contributed by atoms with Crippen molar-refractivity contribution in [3.8, 4) is 11.8 Å². The molecule has 0 aliphatic heterocycles. The number of rotatable bonds is 2. The Balaban J connectivity index is 3.57. The van der Waals surface area contributed by atoms with Crippen LogP contribution in [0.2, 0.25) is 0 Å². The van der Waals surface area contributed by atoms with Crippen LogP contribution in [0.1, 0.15) is 6.92 Å². The van der Waals surface area contributed by atoms with Gasteiger partial charge in [0.05, 0.1) is 0 Å². The number of ketones is 1. The molecule has 0 aliphatic carbocycles. The van der Waals surface area contributed by atoms with E-state index in [2.05, 4.69) is 22.3 Å². The summed E-state index contributed by atoms with van der Waals surface area (Å²) >= 11 is 0. The molecular weight excluding hydrogens is 134 g/mol. The summed E-state index contributed by atoms with van der Waals surface area (Å²) in [5, 5.41) is 0. The minimum atomic E-state index is -0.966. The van der Waals surface area contributed by atoms with Crippen molar-refractivity contribution in [1.29, 1.82) is 0 Å². The summed E-state index contributed by atoms with van der Waals surface area (Å²) in [7, 11) is 0. The molecule has 0 aromatic heterocycles. The molecule has 0 unspecified atom stereocenters. The van der Waals surface area contributed by atoms with Gasteiger partial charge in [-0.1, -0.05) is 5.92 Å². The van der Waals surface area contributed by atoms with E-state index >= 15 is 0 Å². The first kappa shape index (κ1) is 8.50. The maximum Gasteiger partial charge on any atom is 0.404 e. The lowest BCUT2D eigenvalue weighted by Gasteiger charge is -1.92. The largest absolute Gasteiger partial charge is 0.441 e. The van der Waals surface area contributed by atoms with Crippen LogP contribution in [-0.2, 0) is 9.53 Å². The molecule has 0 bridgehead atoms. The summed E-state index contributed by atoms with van der Waals surface area (Å²) in [5.41, 5.74) is 4.58. The van der Waals surface area contributed by atoms with E-state index in [1.165, 1.54) is 6.92 Å². The maximum absolute atomic E-state index is 10.4. The van der Waals surface area contributed by atoms with Gasteiger partial charge in [0.1, 0.15) is 0 Å². The number of Topliss-reactive ketones (excluding diaryl/α,β-unsaturated/α-hetero) is 1. The van der Waals surface area contributed by atoms with Gasteiger partial charge < -0.3 is 10.5 Å². The molecule has 10 heavy (non-hydrogen) atoms. The van der Waals surface area contributed by atoms with E-state index in [0.717, 1.165) is 0 Å². The van der Waals surface area contributed by atoms with Crippen molar-refractivity contribution in [3.63, 3.8) is 0 Å². The van der Waals surface area contributed by atoms with E-state index < -0.39 is 11.9 Å². The number of nitrogens with two attached hydrogens (primary N) is 1. The second-order valence-corrected chi connectivity index (χ2v) is 1.41. The van der Waals surface area contributed by atoms with E-state index in [4.69, 9.17) is 0 Å². The van der Waals surface area contributed by atoms with Crippen molar-refractivity contribution in [3.05, 3.63) is 0 Å². The summed E-state index contributed by atoms with van der Waals surface area (Å²) in [6.45, 7) is 1.15. The lowest BCUT2D eigenvalue weighted by molar-refractivity contribution is -0.116. The van der Waals surface area contributed by atoms with Crippen molar-refractivity contribution < 1.29 is 14.3 Å². The highest BCUT2D eigenvalue weighted by Crippen LogP contribution is 1.74. The summed E-state index contributed by atoms with van der Waals surface area (Å²) in [6.07, 6.45) is -0.966. The Labute approximate surface area is 58.3 Å². The van der Waals surface area contributed by atoms with Gasteiger partial charge in [-0.25, -0.2) is 4.79 Å². The zero-order valence-corrected chi connectivity index (χ0v) is 5.51. The van der Waals surface area contributed by atoms with E-state index in [9.17, 15) is 9.59 Å². The van der Waals surface area contributed by atoms with Crippen LogP contribution in [-0.4, -0.2) is 18.5 Å². The SMILES string of the molecule is CC#CC(=O)COC(N)=O. The molecule has 0 heterocycles. The fourth-order valence-corrected chi connectivity index (χ4v) is 0.312. The van der Waals surface area contributed by atoms with Gasteiger partial charge in [-0.2, -0.15) is 0 Å². The Morgan fingerprint density at radius 1 is 1.60 bits per heavy atom. The molecule has 4 nitrogen and oxygen atoms in total. The zero-order valence-electron chi connectivity index (χ0n) is 5.51. The Kier molecular flexibility index (Phi) is 3.73. The number of amides is 1. The molecule has 0 atom stereocenters. The molecule has 4 heteroatoms. The van der Waals surface area contributed by atoms with Crippen LogP contribution < -0.4 is 5.73 Å². The molecule has 0 rings (SSSR count). The van der Waals surface area contributed by atoms with Gasteiger partial charge in [-0.3, -0.25) is 4.79 Å². The summed E-state index contributed by atoms with van der Waals surface area (Å²) in [4.78, 5) is 20.3. The third kappa shape index (κ3) is 4.65. The first-order valence-electron chi connectivity index (χ1n) is 2.54. The average Bonchev–Trinajstić information content (AvgIpc) is 1.85. The zero-order chi connectivity index (χ0) is 7.98. The Morgan fingerprint density at radius 2 is 2.20 bits per heavy atom. The second kappa shape index (κ2) is 4.39. The Bertz CT molecular complexity index is 199. The predicted octanol–water partition coefficient (Wildman–Crippen LogP) is -0.326. The van der Waals surface area contributed by atoms with Crippen LogP contribution in [0, 0.1) is 11.8 Å². The highest BCUT2D eigenvalue weighted by molar-refractivity contribution is 5.97. The monoisotopic (exact) mass is 141 g/mol. The number of ether oxygens (including phenoxy) is 1. The third-order valence-corrected chi connectivity index (χ3v) is 0.610. The number of carbonyl (C=O) groups excluding carboxylic acids is 2. The van der Waals surface area contributed by atoms with Gasteiger partial charge in [-0.15, -0.1) is 0 Å². The van der Waals surface area contributed by atoms with Gasteiger partial charge in [0.25, 0.3) is 0 Å². The van der Waals surface area contributed by atoms with Crippen LogP contribution in [0.5, 0.6) is 0 Å². The quantitative estimate of drug-likeness (QED) is 0.423. The van der Waals surface area contributed by atoms with E-state index in [1.54, 1.807) is 0 Å². The smallest absolute Gasteiger partial charge is 0.404 e. The van der Waals surface area contributed by atoms with Gasteiger partial charge in [-0.05, 0) is 12.8 Å². The molecule has 0 aromatic carbocycles. The standard InChI is InChI=1S/C6H7NO3/c1-2-3-5(8)4-10-6(7)9/h4H2,1H3,(H2,7,9). The normalized spacial score (nSPS) is 7.30.